The van der Waals surface area contributed by atoms with Crippen LogP contribution >= 0.6 is 0 Å². The largest absolute Gasteiger partial charge is 0.382 e. The summed E-state index contributed by atoms with van der Waals surface area (Å²) in [6.07, 6.45) is 3.48. The molecule has 0 atom stereocenters. The van der Waals surface area contributed by atoms with E-state index in [1.54, 1.807) is 17.3 Å². The average Bonchev–Trinajstić information content (AvgIpc) is 2.47. The van der Waals surface area contributed by atoms with E-state index in [0.29, 0.717) is 12.1 Å². The third kappa shape index (κ3) is 4.05. The van der Waals surface area contributed by atoms with Gasteiger partial charge in [0.15, 0.2) is 0 Å². The molecule has 21 heavy (non-hydrogen) atoms. The first kappa shape index (κ1) is 15.0. The molecule has 1 aromatic carbocycles. The molecular weight excluding hydrogens is 262 g/mol. The van der Waals surface area contributed by atoms with E-state index in [2.05, 4.69) is 24.1 Å². The lowest BCUT2D eigenvalue weighted by Gasteiger charge is -2.20. The van der Waals surface area contributed by atoms with E-state index >= 15 is 0 Å². The molecule has 1 heterocycles. The number of benzene rings is 1. The molecule has 0 fully saturated rings. The molecule has 0 bridgehead atoms. The molecule has 0 unspecified atom stereocenters. The van der Waals surface area contributed by atoms with Crippen molar-refractivity contribution in [3.8, 4) is 0 Å². The molecule has 0 aliphatic carbocycles. The molecule has 0 radical (unpaired) electrons. The molecule has 1 N–H and O–H groups in total. The fraction of sp³-hybridized carbons (Fsp3) is 0.294. The molecule has 0 saturated carbocycles. The Bertz CT molecular complexity index is 596. The van der Waals surface area contributed by atoms with Crippen LogP contribution in [-0.2, 0) is 6.54 Å². The van der Waals surface area contributed by atoms with Crippen LogP contribution in [0.3, 0.4) is 0 Å². The summed E-state index contributed by atoms with van der Waals surface area (Å²) in [4.78, 5) is 18.3. The van der Waals surface area contributed by atoms with Gasteiger partial charge in [0.05, 0.1) is 5.56 Å². The SMILES string of the molecule is CC(C)Nc1ccccc1C(=O)N(C)Cc1ccncc1. The third-order valence-corrected chi connectivity index (χ3v) is 3.12. The third-order valence-electron chi connectivity index (χ3n) is 3.12. The van der Waals surface area contributed by atoms with Gasteiger partial charge in [0.1, 0.15) is 0 Å². The van der Waals surface area contributed by atoms with Crippen molar-refractivity contribution >= 4 is 11.6 Å². The fourth-order valence-electron chi connectivity index (χ4n) is 2.15. The van der Waals surface area contributed by atoms with Crippen molar-refractivity contribution in [1.29, 1.82) is 0 Å². The second-order valence-corrected chi connectivity index (χ2v) is 5.36. The first-order valence-electron chi connectivity index (χ1n) is 7.08. The molecular formula is C17H21N3O. The number of nitrogens with zero attached hydrogens (tertiary/aromatic N) is 2. The van der Waals surface area contributed by atoms with Gasteiger partial charge in [-0.2, -0.15) is 0 Å². The summed E-state index contributed by atoms with van der Waals surface area (Å²) in [7, 11) is 1.81. The van der Waals surface area contributed by atoms with Crippen LogP contribution in [0.15, 0.2) is 48.8 Å². The van der Waals surface area contributed by atoms with Crippen LogP contribution in [0.25, 0.3) is 0 Å². The van der Waals surface area contributed by atoms with Crippen LogP contribution in [0.1, 0.15) is 29.8 Å². The number of carbonyl (C=O) groups is 1. The van der Waals surface area contributed by atoms with E-state index in [0.717, 1.165) is 11.3 Å². The number of hydrogen-bond donors (Lipinski definition) is 1. The number of amides is 1. The van der Waals surface area contributed by atoms with Gasteiger partial charge in [0, 0.05) is 37.7 Å². The highest BCUT2D eigenvalue weighted by Gasteiger charge is 2.16. The molecule has 0 aliphatic rings. The standard InChI is InChI=1S/C17H21N3O/c1-13(2)19-16-7-5-4-6-15(16)17(21)20(3)12-14-8-10-18-11-9-14/h4-11,13,19H,12H2,1-3H3. The minimum Gasteiger partial charge on any atom is -0.382 e. The summed E-state index contributed by atoms with van der Waals surface area (Å²) >= 11 is 0. The molecule has 4 heteroatoms. The zero-order chi connectivity index (χ0) is 15.2. The van der Waals surface area contributed by atoms with Crippen molar-refractivity contribution < 1.29 is 4.79 Å². The predicted molar refractivity (Wildman–Crippen MR) is 85.2 cm³/mol. The lowest BCUT2D eigenvalue weighted by Crippen LogP contribution is -2.27. The number of pyridine rings is 1. The quantitative estimate of drug-likeness (QED) is 0.916. The van der Waals surface area contributed by atoms with Crippen LogP contribution in [-0.4, -0.2) is 28.9 Å². The molecule has 4 nitrogen and oxygen atoms in total. The molecule has 0 spiro atoms. The zero-order valence-electron chi connectivity index (χ0n) is 12.7. The Balaban J connectivity index is 2.16. The van der Waals surface area contributed by atoms with E-state index in [9.17, 15) is 4.79 Å². The molecule has 0 aliphatic heterocycles. The van der Waals surface area contributed by atoms with Gasteiger partial charge in [-0.15, -0.1) is 0 Å². The van der Waals surface area contributed by atoms with Crippen molar-refractivity contribution in [2.75, 3.05) is 12.4 Å². The maximum atomic E-state index is 12.6. The van der Waals surface area contributed by atoms with Gasteiger partial charge in [-0.25, -0.2) is 0 Å². The summed E-state index contributed by atoms with van der Waals surface area (Å²) in [6, 6.07) is 11.7. The zero-order valence-corrected chi connectivity index (χ0v) is 12.7. The van der Waals surface area contributed by atoms with Gasteiger partial charge in [0.25, 0.3) is 5.91 Å². The lowest BCUT2D eigenvalue weighted by molar-refractivity contribution is 0.0786. The number of nitrogens with one attached hydrogen (secondary N) is 1. The second-order valence-electron chi connectivity index (χ2n) is 5.36. The van der Waals surface area contributed by atoms with Gasteiger partial charge in [-0.3, -0.25) is 9.78 Å². The van der Waals surface area contributed by atoms with Crippen molar-refractivity contribution in [2.24, 2.45) is 0 Å². The Morgan fingerprint density at radius 1 is 1.19 bits per heavy atom. The van der Waals surface area contributed by atoms with Gasteiger partial charge in [-0.05, 0) is 43.7 Å². The smallest absolute Gasteiger partial charge is 0.255 e. The summed E-state index contributed by atoms with van der Waals surface area (Å²) in [5, 5.41) is 3.32. The number of rotatable bonds is 5. The molecule has 110 valence electrons. The van der Waals surface area contributed by atoms with Gasteiger partial charge >= 0.3 is 0 Å². The van der Waals surface area contributed by atoms with E-state index in [4.69, 9.17) is 0 Å². The van der Waals surface area contributed by atoms with Crippen molar-refractivity contribution in [3.63, 3.8) is 0 Å². The Labute approximate surface area is 125 Å². The lowest BCUT2D eigenvalue weighted by atomic mass is 10.1. The topological polar surface area (TPSA) is 45.2 Å². The minimum atomic E-state index is 0.00978. The van der Waals surface area contributed by atoms with E-state index < -0.39 is 0 Å². The van der Waals surface area contributed by atoms with Crippen LogP contribution in [0.2, 0.25) is 0 Å². The number of carbonyl (C=O) groups excluding carboxylic acids is 1. The Kier molecular flexibility index (Phi) is 4.93. The highest BCUT2D eigenvalue weighted by molar-refractivity contribution is 5.99. The van der Waals surface area contributed by atoms with Crippen LogP contribution < -0.4 is 5.32 Å². The average molecular weight is 283 g/mol. The summed E-state index contributed by atoms with van der Waals surface area (Å²) in [6.45, 7) is 4.68. The molecule has 1 aromatic heterocycles. The molecule has 2 aromatic rings. The predicted octanol–water partition coefficient (Wildman–Crippen LogP) is 3.17. The molecule has 0 saturated heterocycles. The Morgan fingerprint density at radius 2 is 1.86 bits per heavy atom. The van der Waals surface area contributed by atoms with Crippen molar-refractivity contribution in [2.45, 2.75) is 26.4 Å². The molecule has 1 amide bonds. The van der Waals surface area contributed by atoms with Crippen LogP contribution in [0, 0.1) is 0 Å². The number of para-hydroxylation sites is 1. The Hall–Kier alpha value is -2.36. The maximum Gasteiger partial charge on any atom is 0.255 e. The second kappa shape index (κ2) is 6.88. The van der Waals surface area contributed by atoms with E-state index in [1.807, 2.05) is 43.4 Å². The van der Waals surface area contributed by atoms with Crippen LogP contribution in [0.4, 0.5) is 5.69 Å². The van der Waals surface area contributed by atoms with Gasteiger partial charge in [-0.1, -0.05) is 12.1 Å². The van der Waals surface area contributed by atoms with E-state index in [-0.39, 0.29) is 11.9 Å². The fourth-order valence-corrected chi connectivity index (χ4v) is 2.15. The number of aromatic nitrogens is 1. The summed E-state index contributed by atoms with van der Waals surface area (Å²) in [5.74, 6) is 0.00978. The van der Waals surface area contributed by atoms with Gasteiger partial charge < -0.3 is 10.2 Å². The van der Waals surface area contributed by atoms with Gasteiger partial charge in [0.2, 0.25) is 0 Å². The normalized spacial score (nSPS) is 10.5. The minimum absolute atomic E-state index is 0.00978. The van der Waals surface area contributed by atoms with E-state index in [1.165, 1.54) is 0 Å². The maximum absolute atomic E-state index is 12.6. The summed E-state index contributed by atoms with van der Waals surface area (Å²) in [5.41, 5.74) is 2.64. The number of hydrogen-bond acceptors (Lipinski definition) is 3. The van der Waals surface area contributed by atoms with Crippen molar-refractivity contribution in [3.05, 3.63) is 59.9 Å². The number of anilines is 1. The monoisotopic (exact) mass is 283 g/mol. The first-order chi connectivity index (χ1) is 10.1. The molecule has 2 rings (SSSR count). The van der Waals surface area contributed by atoms with Crippen LogP contribution in [0.5, 0.6) is 0 Å². The summed E-state index contributed by atoms with van der Waals surface area (Å²) < 4.78 is 0. The Morgan fingerprint density at radius 3 is 2.52 bits per heavy atom. The highest BCUT2D eigenvalue weighted by atomic mass is 16.2. The first-order valence-corrected chi connectivity index (χ1v) is 7.08. The highest BCUT2D eigenvalue weighted by Crippen LogP contribution is 2.18. The van der Waals surface area contributed by atoms with Crippen molar-refractivity contribution in [1.82, 2.24) is 9.88 Å².